The van der Waals surface area contributed by atoms with Gasteiger partial charge in [-0.05, 0) is 43.7 Å². The maximum atomic E-state index is 5.52. The molecule has 0 saturated carbocycles. The highest BCUT2D eigenvalue weighted by atomic mass is 32.2. The second-order valence-electron chi connectivity index (χ2n) is 5.48. The van der Waals surface area contributed by atoms with Gasteiger partial charge in [0.2, 0.25) is 0 Å². The topological polar surface area (TPSA) is 28.7 Å². The zero-order valence-corrected chi connectivity index (χ0v) is 12.6. The Hall–Kier alpha value is -1.16. The number of amidine groups is 1. The van der Waals surface area contributed by atoms with Gasteiger partial charge in [-0.15, -0.1) is 0 Å². The van der Waals surface area contributed by atoms with Crippen molar-refractivity contribution in [2.45, 2.75) is 32.2 Å². The number of allylic oxidation sites excluding steroid dienone is 2. The van der Waals surface area contributed by atoms with Crippen molar-refractivity contribution >= 4 is 16.9 Å². The molecule has 2 aliphatic rings. The van der Waals surface area contributed by atoms with Gasteiger partial charge in [0.05, 0.1) is 12.8 Å². The smallest absolute Gasteiger partial charge is 0.159 e. The highest BCUT2D eigenvalue weighted by molar-refractivity contribution is 8.13. The molecule has 3 rings (SSSR count). The first-order chi connectivity index (χ1) is 9.92. The molecular formula is C16H22N2OS. The van der Waals surface area contributed by atoms with Gasteiger partial charge < -0.3 is 9.32 Å². The minimum atomic E-state index is 0.750. The molecule has 1 unspecified atom stereocenters. The highest BCUT2D eigenvalue weighted by Crippen LogP contribution is 2.24. The van der Waals surface area contributed by atoms with Crippen molar-refractivity contribution < 1.29 is 4.42 Å². The van der Waals surface area contributed by atoms with E-state index in [1.807, 2.05) is 17.8 Å². The summed E-state index contributed by atoms with van der Waals surface area (Å²) in [5, 5.41) is 1.21. The molecule has 20 heavy (non-hydrogen) atoms. The fourth-order valence-corrected chi connectivity index (χ4v) is 3.73. The van der Waals surface area contributed by atoms with Gasteiger partial charge in [0.25, 0.3) is 0 Å². The second kappa shape index (κ2) is 7.02. The molecule has 0 bridgehead atoms. The predicted octanol–water partition coefficient (Wildman–Crippen LogP) is 3.93. The summed E-state index contributed by atoms with van der Waals surface area (Å²) in [6.45, 7) is 2.91. The lowest BCUT2D eigenvalue weighted by Crippen LogP contribution is -2.35. The Balaban J connectivity index is 1.68. The quantitative estimate of drug-likeness (QED) is 0.787. The Morgan fingerprint density at radius 1 is 1.40 bits per heavy atom. The van der Waals surface area contributed by atoms with E-state index in [4.69, 9.17) is 9.41 Å². The lowest BCUT2D eigenvalue weighted by atomic mass is 9.94. The van der Waals surface area contributed by atoms with Crippen LogP contribution in [-0.4, -0.2) is 28.9 Å². The number of rotatable bonds is 4. The largest absolute Gasteiger partial charge is 0.467 e. The van der Waals surface area contributed by atoms with E-state index in [0.717, 1.165) is 31.3 Å². The van der Waals surface area contributed by atoms with E-state index in [1.165, 1.54) is 36.6 Å². The summed E-state index contributed by atoms with van der Waals surface area (Å²) in [5.41, 5.74) is 0. The first-order valence-corrected chi connectivity index (χ1v) is 8.50. The van der Waals surface area contributed by atoms with Crippen LogP contribution in [0.3, 0.4) is 0 Å². The molecule has 0 aromatic carbocycles. The molecule has 1 atom stereocenters. The van der Waals surface area contributed by atoms with Crippen molar-refractivity contribution in [3.63, 3.8) is 0 Å². The van der Waals surface area contributed by atoms with Gasteiger partial charge in [0.1, 0.15) is 5.76 Å². The first-order valence-electron chi connectivity index (χ1n) is 7.51. The average molecular weight is 290 g/mol. The van der Waals surface area contributed by atoms with Crippen molar-refractivity contribution in [3.8, 4) is 0 Å². The summed E-state index contributed by atoms with van der Waals surface area (Å²) >= 11 is 1.90. The number of furan rings is 1. The number of aliphatic imine (C=N–C) groups is 1. The van der Waals surface area contributed by atoms with E-state index in [1.54, 1.807) is 6.26 Å². The van der Waals surface area contributed by atoms with Crippen molar-refractivity contribution in [2.75, 3.05) is 18.8 Å². The zero-order chi connectivity index (χ0) is 13.6. The van der Waals surface area contributed by atoms with E-state index in [9.17, 15) is 0 Å². The van der Waals surface area contributed by atoms with Crippen LogP contribution >= 0.6 is 11.8 Å². The van der Waals surface area contributed by atoms with Gasteiger partial charge in [-0.2, -0.15) is 0 Å². The third kappa shape index (κ3) is 3.69. The minimum Gasteiger partial charge on any atom is -0.467 e. The normalized spacial score (nSPS) is 22.6. The van der Waals surface area contributed by atoms with Crippen LogP contribution in [0.5, 0.6) is 0 Å². The fraction of sp³-hybridized carbons (Fsp3) is 0.562. The number of nitrogens with zero attached hydrogens (tertiary/aromatic N) is 2. The molecule has 2 heterocycles. The Bertz CT molecular complexity index is 467. The number of thioether (sulfide) groups is 1. The van der Waals surface area contributed by atoms with Gasteiger partial charge in [-0.1, -0.05) is 23.9 Å². The summed E-state index contributed by atoms with van der Waals surface area (Å²) in [6, 6.07) is 4.02. The predicted molar refractivity (Wildman–Crippen MR) is 85.0 cm³/mol. The molecule has 4 heteroatoms. The summed E-state index contributed by atoms with van der Waals surface area (Å²) in [6.07, 6.45) is 11.3. The van der Waals surface area contributed by atoms with Crippen molar-refractivity contribution in [3.05, 3.63) is 36.3 Å². The summed E-state index contributed by atoms with van der Waals surface area (Å²) in [4.78, 5) is 7.14. The molecular weight excluding hydrogens is 268 g/mol. The van der Waals surface area contributed by atoms with Crippen LogP contribution in [0.4, 0.5) is 0 Å². The molecule has 0 fully saturated rings. The summed E-state index contributed by atoms with van der Waals surface area (Å²) < 4.78 is 5.52. The average Bonchev–Trinajstić information content (AvgIpc) is 3.02. The molecule has 108 valence electrons. The second-order valence-corrected chi connectivity index (χ2v) is 6.54. The van der Waals surface area contributed by atoms with Crippen LogP contribution in [0.15, 0.2) is 40.0 Å². The standard InChI is InChI=1S/C16H22N2OS/c1-2-6-14(7-3-1)12-18(13-15-8-4-10-19-15)16-17-9-5-11-20-16/h1-2,4,8,10,14H,3,5-7,9,11-13H2. The number of hydrogen-bond acceptors (Lipinski definition) is 4. The van der Waals surface area contributed by atoms with Gasteiger partial charge in [0.15, 0.2) is 5.17 Å². The maximum absolute atomic E-state index is 5.52. The Labute approximate surface area is 125 Å². The molecule has 1 aliphatic heterocycles. The van der Waals surface area contributed by atoms with Crippen LogP contribution in [-0.2, 0) is 6.54 Å². The molecule has 0 amide bonds. The minimum absolute atomic E-state index is 0.750. The summed E-state index contributed by atoms with van der Waals surface area (Å²) in [5.74, 6) is 2.98. The molecule has 1 aromatic heterocycles. The van der Waals surface area contributed by atoms with Crippen LogP contribution in [0, 0.1) is 5.92 Å². The molecule has 0 N–H and O–H groups in total. The lowest BCUT2D eigenvalue weighted by molar-refractivity contribution is 0.298. The number of hydrogen-bond donors (Lipinski definition) is 0. The van der Waals surface area contributed by atoms with Crippen LogP contribution in [0.25, 0.3) is 0 Å². The highest BCUT2D eigenvalue weighted by Gasteiger charge is 2.20. The zero-order valence-electron chi connectivity index (χ0n) is 11.8. The molecule has 1 aromatic rings. The van der Waals surface area contributed by atoms with E-state index >= 15 is 0 Å². The molecule has 0 saturated heterocycles. The third-order valence-electron chi connectivity index (χ3n) is 3.83. The van der Waals surface area contributed by atoms with Crippen LogP contribution in [0.1, 0.15) is 31.4 Å². The fourth-order valence-electron chi connectivity index (χ4n) is 2.77. The third-order valence-corrected chi connectivity index (χ3v) is 4.97. The van der Waals surface area contributed by atoms with Crippen LogP contribution < -0.4 is 0 Å². The molecule has 3 nitrogen and oxygen atoms in total. The van der Waals surface area contributed by atoms with Crippen LogP contribution in [0.2, 0.25) is 0 Å². The first kappa shape index (κ1) is 13.8. The Kier molecular flexibility index (Phi) is 4.85. The van der Waals surface area contributed by atoms with Crippen molar-refractivity contribution in [1.29, 1.82) is 0 Å². The molecule has 1 aliphatic carbocycles. The van der Waals surface area contributed by atoms with Crippen molar-refractivity contribution in [1.82, 2.24) is 4.90 Å². The van der Waals surface area contributed by atoms with Gasteiger partial charge in [-0.3, -0.25) is 4.99 Å². The van der Waals surface area contributed by atoms with Crippen molar-refractivity contribution in [2.24, 2.45) is 10.9 Å². The van der Waals surface area contributed by atoms with E-state index < -0.39 is 0 Å². The van der Waals surface area contributed by atoms with Gasteiger partial charge >= 0.3 is 0 Å². The maximum Gasteiger partial charge on any atom is 0.159 e. The Morgan fingerprint density at radius 3 is 3.10 bits per heavy atom. The lowest BCUT2D eigenvalue weighted by Gasteiger charge is -2.31. The summed E-state index contributed by atoms with van der Waals surface area (Å²) in [7, 11) is 0. The monoisotopic (exact) mass is 290 g/mol. The van der Waals surface area contributed by atoms with E-state index in [2.05, 4.69) is 23.1 Å². The molecule has 0 spiro atoms. The van der Waals surface area contributed by atoms with Gasteiger partial charge in [0, 0.05) is 18.8 Å². The molecule has 0 radical (unpaired) electrons. The van der Waals surface area contributed by atoms with E-state index in [-0.39, 0.29) is 0 Å². The SMILES string of the molecule is C1=CCC(CN(Cc2ccco2)C2=NCCCS2)CC1. The Morgan fingerprint density at radius 2 is 2.40 bits per heavy atom. The van der Waals surface area contributed by atoms with Gasteiger partial charge in [-0.25, -0.2) is 0 Å². The van der Waals surface area contributed by atoms with E-state index in [0.29, 0.717) is 0 Å².